The number of rotatable bonds is 2. The van der Waals surface area contributed by atoms with Gasteiger partial charge in [-0.2, -0.15) is 0 Å². The minimum atomic E-state index is -0.300. The Morgan fingerprint density at radius 3 is 2.32 bits per heavy atom. The van der Waals surface area contributed by atoms with Crippen LogP contribution in [0.25, 0.3) is 0 Å². The molecule has 2 N–H and O–H groups in total. The molecule has 1 aromatic carbocycles. The van der Waals surface area contributed by atoms with E-state index in [-0.39, 0.29) is 27.1 Å². The van der Waals surface area contributed by atoms with Crippen molar-refractivity contribution in [2.24, 2.45) is 0 Å². The summed E-state index contributed by atoms with van der Waals surface area (Å²) in [7, 11) is 0. The third-order valence-electron chi connectivity index (χ3n) is 3.07. The van der Waals surface area contributed by atoms with E-state index in [0.29, 0.717) is 11.3 Å². The van der Waals surface area contributed by atoms with Crippen LogP contribution in [0.4, 0.5) is 5.69 Å². The summed E-state index contributed by atoms with van der Waals surface area (Å²) < 4.78 is 0. The van der Waals surface area contributed by atoms with Crippen molar-refractivity contribution in [2.75, 3.05) is 5.32 Å². The van der Waals surface area contributed by atoms with Crippen molar-refractivity contribution >= 4 is 34.8 Å². The Kier molecular flexibility index (Phi) is 4.63. The van der Waals surface area contributed by atoms with Crippen LogP contribution in [0.1, 0.15) is 36.8 Å². The maximum Gasteiger partial charge on any atom is 0.255 e. The fourth-order valence-corrected chi connectivity index (χ4v) is 2.31. The molecule has 1 heterocycles. The maximum atomic E-state index is 12.3. The summed E-state index contributed by atoms with van der Waals surface area (Å²) in [6.45, 7) is 6.07. The van der Waals surface area contributed by atoms with Crippen molar-refractivity contribution in [1.82, 2.24) is 4.98 Å². The Bertz CT molecular complexity index is 701. The van der Waals surface area contributed by atoms with Gasteiger partial charge in [-0.05, 0) is 24.3 Å². The number of aromatic hydroxyl groups is 1. The summed E-state index contributed by atoms with van der Waals surface area (Å²) in [4.78, 5) is 16.6. The zero-order chi connectivity index (χ0) is 16.5. The third-order valence-corrected chi connectivity index (χ3v) is 3.64. The van der Waals surface area contributed by atoms with Gasteiger partial charge in [-0.25, -0.2) is 0 Å². The van der Waals surface area contributed by atoms with Gasteiger partial charge >= 0.3 is 0 Å². The average molecular weight is 339 g/mol. The minimum absolute atomic E-state index is 0.0768. The molecule has 4 nitrogen and oxygen atoms in total. The number of nitrogens with zero attached hydrogens (tertiary/aromatic N) is 1. The van der Waals surface area contributed by atoms with Gasteiger partial charge in [0.25, 0.3) is 5.91 Å². The van der Waals surface area contributed by atoms with Crippen molar-refractivity contribution in [3.05, 3.63) is 51.8 Å². The van der Waals surface area contributed by atoms with Crippen molar-refractivity contribution in [2.45, 2.75) is 26.2 Å². The van der Waals surface area contributed by atoms with Crippen molar-refractivity contribution in [3.8, 4) is 5.75 Å². The lowest BCUT2D eigenvalue weighted by Crippen LogP contribution is -2.17. The van der Waals surface area contributed by atoms with Crippen LogP contribution in [0.3, 0.4) is 0 Å². The van der Waals surface area contributed by atoms with E-state index >= 15 is 0 Å². The summed E-state index contributed by atoms with van der Waals surface area (Å²) in [5.74, 6) is -0.508. The van der Waals surface area contributed by atoms with E-state index in [1.165, 1.54) is 12.1 Å². The molecule has 0 spiro atoms. The SMILES string of the molecule is CC(C)(C)c1cc(C(=O)Nc2cc(Cl)c(O)c(Cl)c2)ccn1. The molecule has 0 aliphatic carbocycles. The number of anilines is 1. The molecule has 2 aromatic rings. The number of nitrogens with one attached hydrogen (secondary N) is 1. The van der Waals surface area contributed by atoms with E-state index in [1.807, 2.05) is 20.8 Å². The van der Waals surface area contributed by atoms with Gasteiger partial charge in [-0.15, -0.1) is 0 Å². The molecular formula is C16H16Cl2N2O2. The molecule has 0 aliphatic rings. The Morgan fingerprint density at radius 1 is 1.18 bits per heavy atom. The van der Waals surface area contributed by atoms with E-state index in [0.717, 1.165) is 5.69 Å². The molecule has 2 rings (SSSR count). The lowest BCUT2D eigenvalue weighted by molar-refractivity contribution is 0.102. The van der Waals surface area contributed by atoms with Crippen LogP contribution in [-0.4, -0.2) is 16.0 Å². The van der Waals surface area contributed by atoms with Crippen LogP contribution >= 0.6 is 23.2 Å². The summed E-state index contributed by atoms with van der Waals surface area (Å²) >= 11 is 11.7. The van der Waals surface area contributed by atoms with E-state index in [9.17, 15) is 9.90 Å². The third kappa shape index (κ3) is 3.70. The topological polar surface area (TPSA) is 62.2 Å². The fraction of sp³-hybridized carbons (Fsp3) is 0.250. The monoisotopic (exact) mass is 338 g/mol. The number of pyridine rings is 1. The quantitative estimate of drug-likeness (QED) is 0.783. The van der Waals surface area contributed by atoms with Crippen LogP contribution < -0.4 is 5.32 Å². The summed E-state index contributed by atoms with van der Waals surface area (Å²) in [5, 5.41) is 12.4. The number of carbonyl (C=O) groups is 1. The van der Waals surface area contributed by atoms with Gasteiger partial charge in [0.05, 0.1) is 10.0 Å². The Labute approximate surface area is 139 Å². The highest BCUT2D eigenvalue weighted by atomic mass is 35.5. The van der Waals surface area contributed by atoms with Crippen LogP contribution in [0.15, 0.2) is 30.5 Å². The first-order valence-corrected chi connectivity index (χ1v) is 7.40. The van der Waals surface area contributed by atoms with E-state index in [4.69, 9.17) is 23.2 Å². The highest BCUT2D eigenvalue weighted by molar-refractivity contribution is 6.37. The molecule has 0 saturated heterocycles. The number of benzene rings is 1. The second-order valence-corrected chi connectivity index (χ2v) is 6.74. The predicted molar refractivity (Wildman–Crippen MR) is 89.0 cm³/mol. The Balaban J connectivity index is 2.27. The number of amides is 1. The van der Waals surface area contributed by atoms with Gasteiger partial charge in [0, 0.05) is 28.6 Å². The molecule has 0 atom stereocenters. The molecule has 0 fully saturated rings. The first-order valence-electron chi connectivity index (χ1n) is 6.64. The molecule has 116 valence electrons. The molecule has 0 aliphatic heterocycles. The Morgan fingerprint density at radius 2 is 1.77 bits per heavy atom. The summed E-state index contributed by atoms with van der Waals surface area (Å²) in [6.07, 6.45) is 1.60. The molecule has 0 radical (unpaired) electrons. The molecule has 0 unspecified atom stereocenters. The van der Waals surface area contributed by atoms with Crippen molar-refractivity contribution in [1.29, 1.82) is 0 Å². The Hall–Kier alpha value is -1.78. The van der Waals surface area contributed by atoms with Gasteiger partial charge in [0.1, 0.15) is 0 Å². The number of phenolic OH excluding ortho intramolecular Hbond substituents is 1. The van der Waals surface area contributed by atoms with E-state index in [1.54, 1.807) is 18.3 Å². The second-order valence-electron chi connectivity index (χ2n) is 5.92. The van der Waals surface area contributed by atoms with Crippen LogP contribution in [0.2, 0.25) is 10.0 Å². The number of halogens is 2. The lowest BCUT2D eigenvalue weighted by atomic mass is 9.91. The van der Waals surface area contributed by atoms with Gasteiger partial charge in [0.2, 0.25) is 0 Å². The number of phenols is 1. The zero-order valence-corrected chi connectivity index (χ0v) is 14.0. The van der Waals surface area contributed by atoms with Crippen LogP contribution in [0.5, 0.6) is 5.75 Å². The highest BCUT2D eigenvalue weighted by Gasteiger charge is 2.17. The maximum absolute atomic E-state index is 12.3. The molecule has 0 bridgehead atoms. The standard InChI is InChI=1S/C16H16Cl2N2O2/c1-16(2,3)13-6-9(4-5-19-13)15(22)20-10-7-11(17)14(21)12(18)8-10/h4-8,21H,1-3H3,(H,20,22). The smallest absolute Gasteiger partial charge is 0.255 e. The lowest BCUT2D eigenvalue weighted by Gasteiger charge is -2.18. The number of hydrogen-bond acceptors (Lipinski definition) is 3. The van der Waals surface area contributed by atoms with Gasteiger partial charge in [-0.1, -0.05) is 44.0 Å². The average Bonchev–Trinajstić information content (AvgIpc) is 2.44. The first-order chi connectivity index (χ1) is 10.2. The van der Waals surface area contributed by atoms with Gasteiger partial charge in [0.15, 0.2) is 5.75 Å². The van der Waals surface area contributed by atoms with E-state index < -0.39 is 0 Å². The summed E-state index contributed by atoms with van der Waals surface area (Å²) in [6, 6.07) is 6.26. The first kappa shape index (κ1) is 16.6. The number of aromatic nitrogens is 1. The molecular weight excluding hydrogens is 323 g/mol. The summed E-state index contributed by atoms with van der Waals surface area (Å²) in [5.41, 5.74) is 1.57. The van der Waals surface area contributed by atoms with Gasteiger partial charge in [-0.3, -0.25) is 9.78 Å². The largest absolute Gasteiger partial charge is 0.505 e. The molecule has 0 saturated carbocycles. The predicted octanol–water partition coefficient (Wildman–Crippen LogP) is 4.64. The molecule has 6 heteroatoms. The van der Waals surface area contributed by atoms with Crippen LogP contribution in [0, 0.1) is 0 Å². The fourth-order valence-electron chi connectivity index (χ4n) is 1.82. The van der Waals surface area contributed by atoms with Crippen molar-refractivity contribution < 1.29 is 9.90 Å². The molecule has 1 aromatic heterocycles. The molecule has 22 heavy (non-hydrogen) atoms. The van der Waals surface area contributed by atoms with Crippen molar-refractivity contribution in [3.63, 3.8) is 0 Å². The minimum Gasteiger partial charge on any atom is -0.505 e. The highest BCUT2D eigenvalue weighted by Crippen LogP contribution is 2.34. The van der Waals surface area contributed by atoms with Gasteiger partial charge < -0.3 is 10.4 Å². The number of hydrogen-bond donors (Lipinski definition) is 2. The molecule has 1 amide bonds. The second kappa shape index (κ2) is 6.15. The zero-order valence-electron chi connectivity index (χ0n) is 12.4. The normalized spacial score (nSPS) is 11.3. The number of carbonyl (C=O) groups excluding carboxylic acids is 1. The van der Waals surface area contributed by atoms with Crippen LogP contribution in [-0.2, 0) is 5.41 Å². The van der Waals surface area contributed by atoms with E-state index in [2.05, 4.69) is 10.3 Å².